The molecular formula is C11H14FNO5S. The van der Waals surface area contributed by atoms with Gasteiger partial charge in [-0.1, -0.05) is 0 Å². The Morgan fingerprint density at radius 1 is 1.37 bits per heavy atom. The van der Waals surface area contributed by atoms with Gasteiger partial charge >= 0.3 is 5.97 Å². The number of rotatable bonds is 6. The van der Waals surface area contributed by atoms with Crippen LogP contribution in [-0.4, -0.2) is 34.2 Å². The molecule has 0 aromatic heterocycles. The van der Waals surface area contributed by atoms with E-state index < -0.39 is 27.4 Å². The average molecular weight is 291 g/mol. The largest absolute Gasteiger partial charge is 0.460 e. The van der Waals surface area contributed by atoms with Crippen molar-refractivity contribution in [3.05, 3.63) is 29.6 Å². The number of ether oxygens (including phenoxy) is 2. The molecule has 1 aromatic carbocycles. The summed E-state index contributed by atoms with van der Waals surface area (Å²) in [5.41, 5.74) is -0.483. The lowest BCUT2D eigenvalue weighted by Crippen LogP contribution is -2.16. The van der Waals surface area contributed by atoms with Crippen molar-refractivity contribution in [3.8, 4) is 0 Å². The van der Waals surface area contributed by atoms with Crippen molar-refractivity contribution in [2.75, 3.05) is 19.8 Å². The third-order valence-corrected chi connectivity index (χ3v) is 3.06. The topological polar surface area (TPSA) is 95.7 Å². The molecule has 0 saturated heterocycles. The Labute approximate surface area is 110 Å². The van der Waals surface area contributed by atoms with E-state index in [1.807, 2.05) is 0 Å². The van der Waals surface area contributed by atoms with E-state index in [0.29, 0.717) is 6.61 Å². The molecule has 0 atom stereocenters. The highest BCUT2D eigenvalue weighted by molar-refractivity contribution is 7.89. The fraction of sp³-hybridized carbons (Fsp3) is 0.364. The Hall–Kier alpha value is -1.51. The van der Waals surface area contributed by atoms with Gasteiger partial charge in [0.1, 0.15) is 12.4 Å². The summed E-state index contributed by atoms with van der Waals surface area (Å²) in [5, 5.41) is 4.89. The van der Waals surface area contributed by atoms with E-state index in [1.54, 1.807) is 6.92 Å². The Morgan fingerprint density at radius 3 is 2.63 bits per heavy atom. The number of benzene rings is 1. The van der Waals surface area contributed by atoms with Crippen LogP contribution in [0.5, 0.6) is 0 Å². The Balaban J connectivity index is 2.84. The summed E-state index contributed by atoms with van der Waals surface area (Å²) < 4.78 is 45.3. The average Bonchev–Trinajstić information content (AvgIpc) is 2.33. The highest BCUT2D eigenvalue weighted by atomic mass is 32.2. The predicted molar refractivity (Wildman–Crippen MR) is 64.5 cm³/mol. The van der Waals surface area contributed by atoms with Gasteiger partial charge in [0.25, 0.3) is 0 Å². The minimum atomic E-state index is -4.00. The second kappa shape index (κ2) is 6.60. The van der Waals surface area contributed by atoms with Crippen LogP contribution in [0.15, 0.2) is 23.1 Å². The van der Waals surface area contributed by atoms with Gasteiger partial charge in [-0.25, -0.2) is 22.7 Å². The third kappa shape index (κ3) is 4.58. The monoisotopic (exact) mass is 291 g/mol. The predicted octanol–water partition coefficient (Wildman–Crippen LogP) is 0.666. The second-order valence-corrected chi connectivity index (χ2v) is 5.08. The normalized spacial score (nSPS) is 11.3. The van der Waals surface area contributed by atoms with Gasteiger partial charge in [0.2, 0.25) is 10.0 Å². The second-order valence-electron chi connectivity index (χ2n) is 3.52. The highest BCUT2D eigenvalue weighted by Gasteiger charge is 2.17. The van der Waals surface area contributed by atoms with Crippen LogP contribution in [0.25, 0.3) is 0 Å². The Bertz CT molecular complexity index is 558. The van der Waals surface area contributed by atoms with Crippen LogP contribution in [0, 0.1) is 5.82 Å². The van der Waals surface area contributed by atoms with Crippen LogP contribution in [0.3, 0.4) is 0 Å². The van der Waals surface area contributed by atoms with Gasteiger partial charge < -0.3 is 9.47 Å². The molecule has 19 heavy (non-hydrogen) atoms. The molecule has 106 valence electrons. The molecule has 0 aliphatic carbocycles. The van der Waals surface area contributed by atoms with Crippen molar-refractivity contribution in [3.63, 3.8) is 0 Å². The van der Waals surface area contributed by atoms with Crippen LogP contribution in [0.1, 0.15) is 17.3 Å². The molecule has 0 heterocycles. The van der Waals surface area contributed by atoms with Crippen molar-refractivity contribution in [1.82, 2.24) is 0 Å². The van der Waals surface area contributed by atoms with Gasteiger partial charge in [0.15, 0.2) is 0 Å². The lowest BCUT2D eigenvalue weighted by Gasteiger charge is -2.07. The number of carbonyl (C=O) groups is 1. The zero-order valence-electron chi connectivity index (χ0n) is 10.3. The molecule has 0 saturated carbocycles. The fourth-order valence-electron chi connectivity index (χ4n) is 1.25. The van der Waals surface area contributed by atoms with Crippen LogP contribution in [0.2, 0.25) is 0 Å². The number of esters is 1. The van der Waals surface area contributed by atoms with Crippen LogP contribution < -0.4 is 5.14 Å². The number of carbonyl (C=O) groups excluding carboxylic acids is 1. The van der Waals surface area contributed by atoms with Crippen molar-refractivity contribution in [1.29, 1.82) is 0 Å². The number of nitrogens with two attached hydrogens (primary N) is 1. The van der Waals surface area contributed by atoms with Crippen molar-refractivity contribution >= 4 is 16.0 Å². The summed E-state index contributed by atoms with van der Waals surface area (Å²) in [6.07, 6.45) is 0. The maximum atomic E-state index is 13.4. The number of halogens is 1. The maximum absolute atomic E-state index is 13.4. The van der Waals surface area contributed by atoms with E-state index in [2.05, 4.69) is 0 Å². The first-order valence-electron chi connectivity index (χ1n) is 5.43. The van der Waals surface area contributed by atoms with Crippen LogP contribution in [-0.2, 0) is 19.5 Å². The molecule has 0 amide bonds. The zero-order valence-corrected chi connectivity index (χ0v) is 11.1. The first-order valence-corrected chi connectivity index (χ1v) is 6.98. The Kier molecular flexibility index (Phi) is 5.40. The lowest BCUT2D eigenvalue weighted by molar-refractivity contribution is 0.0330. The summed E-state index contributed by atoms with van der Waals surface area (Å²) in [7, 11) is -4.00. The van der Waals surface area contributed by atoms with Crippen molar-refractivity contribution in [2.24, 2.45) is 5.14 Å². The molecule has 1 aromatic rings. The molecule has 2 N–H and O–H groups in total. The van der Waals surface area contributed by atoms with Crippen molar-refractivity contribution in [2.45, 2.75) is 11.8 Å². The Morgan fingerprint density at radius 2 is 2.05 bits per heavy atom. The van der Waals surface area contributed by atoms with Crippen molar-refractivity contribution < 1.29 is 27.1 Å². The van der Waals surface area contributed by atoms with E-state index in [-0.39, 0.29) is 18.1 Å². The van der Waals surface area contributed by atoms with E-state index in [4.69, 9.17) is 14.6 Å². The first-order chi connectivity index (χ1) is 8.86. The van der Waals surface area contributed by atoms with E-state index in [1.165, 1.54) is 0 Å². The summed E-state index contributed by atoms with van der Waals surface area (Å²) >= 11 is 0. The van der Waals surface area contributed by atoms with E-state index in [9.17, 15) is 17.6 Å². The number of primary sulfonamides is 1. The summed E-state index contributed by atoms with van der Waals surface area (Å²) in [6.45, 7) is 2.37. The van der Waals surface area contributed by atoms with E-state index in [0.717, 1.165) is 18.2 Å². The van der Waals surface area contributed by atoms with Crippen LogP contribution >= 0.6 is 0 Å². The van der Waals surface area contributed by atoms with Crippen LogP contribution in [0.4, 0.5) is 4.39 Å². The van der Waals surface area contributed by atoms with Gasteiger partial charge in [-0.15, -0.1) is 0 Å². The molecule has 0 aliphatic rings. The molecule has 0 radical (unpaired) electrons. The molecule has 0 bridgehead atoms. The number of sulfonamides is 1. The summed E-state index contributed by atoms with van der Waals surface area (Å²) in [4.78, 5) is 11.2. The molecular weight excluding hydrogens is 277 g/mol. The standard InChI is InChI=1S/C11H14FNO5S/c1-2-17-5-6-18-11(14)9-7-8(19(13,15)16)3-4-10(9)12/h3-4,7H,2,5-6H2,1H3,(H2,13,15,16). The highest BCUT2D eigenvalue weighted by Crippen LogP contribution is 2.15. The number of hydrogen-bond acceptors (Lipinski definition) is 5. The zero-order chi connectivity index (χ0) is 14.5. The molecule has 0 unspecified atom stereocenters. The fourth-order valence-corrected chi connectivity index (χ4v) is 1.79. The quantitative estimate of drug-likeness (QED) is 0.614. The molecule has 0 aliphatic heterocycles. The smallest absolute Gasteiger partial charge is 0.341 e. The molecule has 8 heteroatoms. The molecule has 0 fully saturated rings. The third-order valence-electron chi connectivity index (χ3n) is 2.15. The molecule has 6 nitrogen and oxygen atoms in total. The van der Waals surface area contributed by atoms with Gasteiger partial charge in [-0.2, -0.15) is 0 Å². The lowest BCUT2D eigenvalue weighted by atomic mass is 10.2. The molecule has 1 rings (SSSR count). The first kappa shape index (κ1) is 15.5. The van der Waals surface area contributed by atoms with Gasteiger partial charge in [0, 0.05) is 6.61 Å². The molecule has 0 spiro atoms. The summed E-state index contributed by atoms with van der Waals surface area (Å²) in [6, 6.07) is 2.66. The summed E-state index contributed by atoms with van der Waals surface area (Å²) in [5.74, 6) is -1.85. The van der Waals surface area contributed by atoms with Gasteiger partial charge in [-0.05, 0) is 25.1 Å². The maximum Gasteiger partial charge on any atom is 0.341 e. The minimum Gasteiger partial charge on any atom is -0.460 e. The minimum absolute atomic E-state index is 0.0499. The van der Waals surface area contributed by atoms with Gasteiger partial charge in [-0.3, -0.25) is 0 Å². The van der Waals surface area contributed by atoms with Gasteiger partial charge in [0.05, 0.1) is 17.1 Å². The SMILES string of the molecule is CCOCCOC(=O)c1cc(S(N)(=O)=O)ccc1F. The number of hydrogen-bond donors (Lipinski definition) is 1. The van der Waals surface area contributed by atoms with E-state index >= 15 is 0 Å².